The van der Waals surface area contributed by atoms with E-state index in [-0.39, 0.29) is 5.56 Å². The lowest BCUT2D eigenvalue weighted by Crippen LogP contribution is -2.06. The molecule has 0 heterocycles. The molecule has 5 N–H and O–H groups in total. The van der Waals surface area contributed by atoms with Gasteiger partial charge in [0, 0.05) is 10.8 Å². The van der Waals surface area contributed by atoms with Gasteiger partial charge in [-0.3, -0.25) is 10.4 Å². The van der Waals surface area contributed by atoms with E-state index in [0.29, 0.717) is 10.8 Å². The topological polar surface area (TPSA) is 130 Å². The minimum absolute atomic E-state index is 0.184. The van der Waals surface area contributed by atoms with E-state index in [0.717, 1.165) is 17.1 Å². The minimum Gasteiger partial charge on any atom is -0.478 e. The Hall–Kier alpha value is -3.46. The summed E-state index contributed by atoms with van der Waals surface area (Å²) < 4.78 is 31.4. The first-order chi connectivity index (χ1) is 13.8. The van der Waals surface area contributed by atoms with Crippen LogP contribution in [0, 0.1) is 0 Å². The number of anilines is 1. The number of carboxylic acids is 1. The molecule has 0 spiro atoms. The van der Waals surface area contributed by atoms with E-state index in [1.165, 1.54) is 17.5 Å². The number of carboxylic acid groups (broad SMARTS) is 1. The van der Waals surface area contributed by atoms with Crippen LogP contribution in [0.15, 0.2) is 83.8 Å². The van der Waals surface area contributed by atoms with Crippen LogP contribution >= 0.6 is 0 Å². The van der Waals surface area contributed by atoms with Gasteiger partial charge in [-0.15, -0.1) is 0 Å². The molecular weight excluding hydrogens is 392 g/mol. The first-order valence-electron chi connectivity index (χ1n) is 8.49. The molecular formula is C21H18N2O5S. The fourth-order valence-electron chi connectivity index (χ4n) is 2.96. The number of rotatable bonds is 3. The highest BCUT2D eigenvalue weighted by molar-refractivity contribution is 7.86. The van der Waals surface area contributed by atoms with Crippen molar-refractivity contribution < 1.29 is 22.9 Å². The summed E-state index contributed by atoms with van der Waals surface area (Å²) in [6, 6.07) is 22.8. The summed E-state index contributed by atoms with van der Waals surface area (Å²) in [6.07, 6.45) is 0. The van der Waals surface area contributed by atoms with Crippen molar-refractivity contribution in [3.8, 4) is 0 Å². The molecule has 4 aromatic rings. The van der Waals surface area contributed by atoms with E-state index >= 15 is 0 Å². The van der Waals surface area contributed by atoms with E-state index in [1.54, 1.807) is 18.2 Å². The van der Waals surface area contributed by atoms with Gasteiger partial charge in [-0.25, -0.2) is 4.79 Å². The lowest BCUT2D eigenvalue weighted by molar-refractivity contribution is 0.0697. The van der Waals surface area contributed by atoms with E-state index in [9.17, 15) is 13.2 Å². The predicted molar refractivity (Wildman–Crippen MR) is 112 cm³/mol. The molecule has 0 radical (unpaired) electrons. The van der Waals surface area contributed by atoms with Crippen LogP contribution in [0.5, 0.6) is 0 Å². The van der Waals surface area contributed by atoms with Crippen molar-refractivity contribution in [3.63, 3.8) is 0 Å². The third kappa shape index (κ3) is 4.52. The molecule has 0 atom stereocenters. The maximum atomic E-state index is 11.2. The smallest absolute Gasteiger partial charge is 0.335 e. The molecule has 0 fully saturated rings. The van der Waals surface area contributed by atoms with Gasteiger partial charge in [0.25, 0.3) is 10.1 Å². The molecule has 7 nitrogen and oxygen atoms in total. The average Bonchev–Trinajstić information content (AvgIpc) is 2.72. The van der Waals surface area contributed by atoms with Crippen LogP contribution in [0.1, 0.15) is 10.4 Å². The molecule has 0 amide bonds. The molecule has 29 heavy (non-hydrogen) atoms. The van der Waals surface area contributed by atoms with Crippen LogP contribution in [0.4, 0.5) is 5.69 Å². The lowest BCUT2D eigenvalue weighted by atomic mass is 10.1. The summed E-state index contributed by atoms with van der Waals surface area (Å²) in [5, 5.41) is 12.0. The number of aromatic carboxylic acids is 1. The van der Waals surface area contributed by atoms with E-state index in [2.05, 4.69) is 17.6 Å². The van der Waals surface area contributed by atoms with Gasteiger partial charge in [-0.2, -0.15) is 8.42 Å². The number of nitrogens with two attached hydrogens (primary N) is 1. The summed E-state index contributed by atoms with van der Waals surface area (Å²) in [4.78, 5) is 10.5. The van der Waals surface area contributed by atoms with Gasteiger partial charge in [0.05, 0.1) is 11.3 Å². The van der Waals surface area contributed by atoms with Gasteiger partial charge >= 0.3 is 5.97 Å². The molecule has 0 aliphatic heterocycles. The molecule has 0 unspecified atom stereocenters. The number of carbonyl (C=O) groups is 1. The molecule has 0 aliphatic carbocycles. The zero-order valence-electron chi connectivity index (χ0n) is 15.1. The summed E-state index contributed by atoms with van der Waals surface area (Å²) in [5.41, 5.74) is 3.45. The summed E-state index contributed by atoms with van der Waals surface area (Å²) in [6.45, 7) is 0. The molecule has 8 heteroatoms. The van der Waals surface area contributed by atoms with Crippen molar-refractivity contribution in [1.82, 2.24) is 0 Å². The maximum Gasteiger partial charge on any atom is 0.335 e. The van der Waals surface area contributed by atoms with E-state index in [4.69, 9.17) is 15.5 Å². The first kappa shape index (κ1) is 20.3. The van der Waals surface area contributed by atoms with Crippen molar-refractivity contribution in [3.05, 3.63) is 84.4 Å². The van der Waals surface area contributed by atoms with Crippen LogP contribution in [0.2, 0.25) is 0 Å². The Bertz CT molecular complexity index is 1300. The standard InChI is InChI=1S/C11H8O5S.C10H10N2/c12-11(13)8-5-7-3-1-2-4-9(7)10(6-8)17(14,15)16;11-12-10-7-3-5-8-4-1-2-6-9(8)10/h1-6H,(H,12,13)(H,14,15,16);1-7,12H,11H2. The van der Waals surface area contributed by atoms with Crippen LogP contribution in [0.25, 0.3) is 21.5 Å². The Kier molecular flexibility index (Phi) is 5.79. The maximum absolute atomic E-state index is 11.2. The Morgan fingerprint density at radius 3 is 2.03 bits per heavy atom. The highest BCUT2D eigenvalue weighted by Gasteiger charge is 2.17. The fraction of sp³-hybridized carbons (Fsp3) is 0. The molecule has 0 aromatic heterocycles. The largest absolute Gasteiger partial charge is 0.478 e. The third-order valence-electron chi connectivity index (χ3n) is 4.29. The van der Waals surface area contributed by atoms with E-state index < -0.39 is 21.0 Å². The quantitative estimate of drug-likeness (QED) is 0.229. The molecule has 148 valence electrons. The number of hydrazine groups is 1. The predicted octanol–water partition coefficient (Wildman–Crippen LogP) is 3.91. The van der Waals surface area contributed by atoms with Gasteiger partial charge in [0.15, 0.2) is 0 Å². The van der Waals surface area contributed by atoms with Crippen molar-refractivity contribution in [1.29, 1.82) is 0 Å². The van der Waals surface area contributed by atoms with Gasteiger partial charge in [-0.05, 0) is 29.0 Å². The summed E-state index contributed by atoms with van der Waals surface area (Å²) in [7, 11) is -4.45. The zero-order chi connectivity index (χ0) is 21.0. The van der Waals surface area contributed by atoms with Gasteiger partial charge in [0.1, 0.15) is 4.90 Å². The Balaban J connectivity index is 0.000000176. The number of hydrogen-bond donors (Lipinski definition) is 4. The van der Waals surface area contributed by atoms with Crippen LogP contribution in [-0.4, -0.2) is 24.0 Å². The van der Waals surface area contributed by atoms with Crippen LogP contribution in [-0.2, 0) is 10.1 Å². The van der Waals surface area contributed by atoms with Crippen molar-refractivity contribution >= 4 is 43.3 Å². The van der Waals surface area contributed by atoms with Gasteiger partial charge in [0.2, 0.25) is 0 Å². The van der Waals surface area contributed by atoms with Crippen LogP contribution < -0.4 is 11.3 Å². The molecule has 0 aliphatic rings. The molecule has 0 saturated heterocycles. The number of fused-ring (bicyclic) bond motifs is 2. The van der Waals surface area contributed by atoms with Crippen LogP contribution in [0.3, 0.4) is 0 Å². The fourth-order valence-corrected chi connectivity index (χ4v) is 3.70. The van der Waals surface area contributed by atoms with Gasteiger partial charge in [-0.1, -0.05) is 60.7 Å². The number of benzene rings is 4. The summed E-state index contributed by atoms with van der Waals surface area (Å²) in [5.74, 6) is 4.12. The van der Waals surface area contributed by atoms with Gasteiger partial charge < -0.3 is 10.5 Å². The highest BCUT2D eigenvalue weighted by atomic mass is 32.2. The third-order valence-corrected chi connectivity index (χ3v) is 5.19. The van der Waals surface area contributed by atoms with Crippen molar-refractivity contribution in [2.75, 3.05) is 5.43 Å². The van der Waals surface area contributed by atoms with Crippen molar-refractivity contribution in [2.24, 2.45) is 5.84 Å². The minimum atomic E-state index is -4.45. The molecule has 0 bridgehead atoms. The van der Waals surface area contributed by atoms with E-state index in [1.807, 2.05) is 30.3 Å². The summed E-state index contributed by atoms with van der Waals surface area (Å²) >= 11 is 0. The number of hydrogen-bond acceptors (Lipinski definition) is 5. The Morgan fingerprint density at radius 2 is 1.41 bits per heavy atom. The molecule has 4 rings (SSSR count). The lowest BCUT2D eigenvalue weighted by Gasteiger charge is -2.05. The molecule has 0 saturated carbocycles. The zero-order valence-corrected chi connectivity index (χ0v) is 15.9. The second-order valence-corrected chi connectivity index (χ2v) is 7.54. The Labute approximate surface area is 167 Å². The SMILES string of the molecule is NNc1cccc2ccccc12.O=C(O)c1cc(S(=O)(=O)O)c2ccccc2c1. The molecule has 4 aromatic carbocycles. The monoisotopic (exact) mass is 410 g/mol. The number of nitrogen functional groups attached to an aromatic ring is 1. The Morgan fingerprint density at radius 1 is 0.828 bits per heavy atom. The average molecular weight is 410 g/mol. The second-order valence-electron chi connectivity index (χ2n) is 6.15. The number of nitrogens with one attached hydrogen (secondary N) is 1. The second kappa shape index (κ2) is 8.27. The first-order valence-corrected chi connectivity index (χ1v) is 9.93. The van der Waals surface area contributed by atoms with Crippen molar-refractivity contribution in [2.45, 2.75) is 4.90 Å². The normalized spacial score (nSPS) is 11.0. The highest BCUT2D eigenvalue weighted by Crippen LogP contribution is 2.25.